The first kappa shape index (κ1) is 14.7. The number of aliphatic hydroxyl groups is 1. The summed E-state index contributed by atoms with van der Waals surface area (Å²) < 4.78 is 11.6. The molecule has 0 bridgehead atoms. The zero-order valence-corrected chi connectivity index (χ0v) is 13.3. The van der Waals surface area contributed by atoms with Crippen molar-refractivity contribution >= 4 is 0 Å². The molecule has 0 radical (unpaired) electrons. The second-order valence-electron chi connectivity index (χ2n) is 6.99. The Bertz CT molecular complexity index is 501. The van der Waals surface area contributed by atoms with Crippen LogP contribution >= 0.6 is 0 Å². The van der Waals surface area contributed by atoms with Gasteiger partial charge in [-0.05, 0) is 49.7 Å². The molecular weight excluding hydrogens is 264 g/mol. The van der Waals surface area contributed by atoms with Crippen LogP contribution in [-0.4, -0.2) is 17.8 Å². The topological polar surface area (TPSA) is 38.7 Å². The Hall–Kier alpha value is -1.22. The van der Waals surface area contributed by atoms with Gasteiger partial charge in [0.2, 0.25) is 0 Å². The minimum Gasteiger partial charge on any atom is -0.497 e. The summed E-state index contributed by atoms with van der Waals surface area (Å²) in [5, 5.41) is 10.5. The lowest BCUT2D eigenvalue weighted by atomic mass is 9.71. The van der Waals surface area contributed by atoms with E-state index in [1.54, 1.807) is 7.11 Å². The van der Waals surface area contributed by atoms with Crippen molar-refractivity contribution in [1.29, 1.82) is 0 Å². The van der Waals surface area contributed by atoms with Gasteiger partial charge >= 0.3 is 0 Å². The molecular formula is C18H26O3. The van der Waals surface area contributed by atoms with E-state index in [0.717, 1.165) is 48.2 Å². The van der Waals surface area contributed by atoms with Crippen LogP contribution in [0.15, 0.2) is 18.2 Å². The highest BCUT2D eigenvalue weighted by Crippen LogP contribution is 2.48. The third kappa shape index (κ3) is 2.76. The van der Waals surface area contributed by atoms with E-state index in [2.05, 4.69) is 13.8 Å². The molecule has 1 saturated carbocycles. The molecule has 1 heterocycles. The maximum atomic E-state index is 10.5. The molecule has 2 aliphatic rings. The van der Waals surface area contributed by atoms with Gasteiger partial charge in [0.05, 0.1) is 13.2 Å². The number of aliphatic hydroxyl groups excluding tert-OH is 1. The Morgan fingerprint density at radius 1 is 1.29 bits per heavy atom. The fourth-order valence-corrected chi connectivity index (χ4v) is 3.88. The number of fused-ring (bicyclic) bond motifs is 1. The standard InChI is InChI=1S/C18H26O3/c1-12(2)13-6-8-18(9-7-13)11-16(19)15-5-4-14(20-3)10-17(15)21-18/h4-5,10,12-13,16,19H,6-9,11H2,1-3H3. The molecule has 1 unspecified atom stereocenters. The smallest absolute Gasteiger partial charge is 0.129 e. The highest BCUT2D eigenvalue weighted by Gasteiger charge is 2.43. The lowest BCUT2D eigenvalue weighted by Gasteiger charge is -2.45. The van der Waals surface area contributed by atoms with Crippen LogP contribution in [0.1, 0.15) is 57.6 Å². The molecule has 0 aromatic heterocycles. The first-order chi connectivity index (χ1) is 10.0. The summed E-state index contributed by atoms with van der Waals surface area (Å²) in [6.07, 6.45) is 4.78. The quantitative estimate of drug-likeness (QED) is 0.891. The Kier molecular flexibility index (Phi) is 3.87. The van der Waals surface area contributed by atoms with Gasteiger partial charge < -0.3 is 14.6 Å². The zero-order chi connectivity index (χ0) is 15.0. The Balaban J connectivity index is 1.81. The summed E-state index contributed by atoms with van der Waals surface area (Å²) in [5.41, 5.74) is 0.719. The van der Waals surface area contributed by atoms with Gasteiger partial charge in [0.15, 0.2) is 0 Å². The second kappa shape index (κ2) is 5.53. The van der Waals surface area contributed by atoms with E-state index >= 15 is 0 Å². The SMILES string of the molecule is COc1ccc2c(c1)OC1(CCC(C(C)C)CC1)CC2O. The fraction of sp³-hybridized carbons (Fsp3) is 0.667. The number of hydrogen-bond donors (Lipinski definition) is 1. The van der Waals surface area contributed by atoms with E-state index in [1.807, 2.05) is 18.2 Å². The molecule has 1 fully saturated rings. The zero-order valence-electron chi connectivity index (χ0n) is 13.3. The predicted molar refractivity (Wildman–Crippen MR) is 82.7 cm³/mol. The van der Waals surface area contributed by atoms with Crippen molar-refractivity contribution in [1.82, 2.24) is 0 Å². The van der Waals surface area contributed by atoms with Gasteiger partial charge in [0.1, 0.15) is 17.1 Å². The lowest BCUT2D eigenvalue weighted by molar-refractivity contribution is -0.0504. The molecule has 3 nitrogen and oxygen atoms in total. The Morgan fingerprint density at radius 3 is 2.62 bits per heavy atom. The average Bonchev–Trinajstić information content (AvgIpc) is 2.47. The van der Waals surface area contributed by atoms with Crippen molar-refractivity contribution in [3.05, 3.63) is 23.8 Å². The van der Waals surface area contributed by atoms with Crippen molar-refractivity contribution in [3.8, 4) is 11.5 Å². The number of rotatable bonds is 2. The van der Waals surface area contributed by atoms with Crippen LogP contribution in [0.3, 0.4) is 0 Å². The van der Waals surface area contributed by atoms with Gasteiger partial charge in [-0.2, -0.15) is 0 Å². The van der Waals surface area contributed by atoms with Gasteiger partial charge in [-0.25, -0.2) is 0 Å². The van der Waals surface area contributed by atoms with Gasteiger partial charge in [-0.3, -0.25) is 0 Å². The van der Waals surface area contributed by atoms with E-state index in [9.17, 15) is 5.11 Å². The van der Waals surface area contributed by atoms with Crippen molar-refractivity contribution in [2.24, 2.45) is 11.8 Å². The van der Waals surface area contributed by atoms with E-state index < -0.39 is 6.10 Å². The van der Waals surface area contributed by atoms with Crippen molar-refractivity contribution in [3.63, 3.8) is 0 Å². The molecule has 3 heteroatoms. The number of benzene rings is 1. The van der Waals surface area contributed by atoms with Crippen LogP contribution in [0.25, 0.3) is 0 Å². The predicted octanol–water partition coefficient (Wildman–Crippen LogP) is 4.10. The second-order valence-corrected chi connectivity index (χ2v) is 6.99. The van der Waals surface area contributed by atoms with Crippen molar-refractivity contribution in [2.45, 2.75) is 57.7 Å². The Morgan fingerprint density at radius 2 is 2.00 bits per heavy atom. The summed E-state index contributed by atoms with van der Waals surface area (Å²) in [4.78, 5) is 0. The summed E-state index contributed by atoms with van der Waals surface area (Å²) in [6, 6.07) is 5.72. The molecule has 1 atom stereocenters. The monoisotopic (exact) mass is 290 g/mol. The first-order valence-corrected chi connectivity index (χ1v) is 8.08. The Labute approximate surface area is 127 Å². The van der Waals surface area contributed by atoms with Crippen LogP contribution < -0.4 is 9.47 Å². The van der Waals surface area contributed by atoms with E-state index in [4.69, 9.17) is 9.47 Å². The van der Waals surface area contributed by atoms with Crippen molar-refractivity contribution in [2.75, 3.05) is 7.11 Å². The molecule has 1 spiro atoms. The molecule has 1 N–H and O–H groups in total. The van der Waals surface area contributed by atoms with Crippen LogP contribution in [0.5, 0.6) is 11.5 Å². The maximum absolute atomic E-state index is 10.5. The van der Waals surface area contributed by atoms with Crippen LogP contribution in [0.4, 0.5) is 0 Å². The number of hydrogen-bond acceptors (Lipinski definition) is 3. The molecule has 1 aliphatic carbocycles. The summed E-state index contributed by atoms with van der Waals surface area (Å²) in [7, 11) is 1.66. The highest BCUT2D eigenvalue weighted by atomic mass is 16.5. The van der Waals surface area contributed by atoms with Crippen LogP contribution in [-0.2, 0) is 0 Å². The molecule has 0 amide bonds. The summed E-state index contributed by atoms with van der Waals surface area (Å²) in [6.45, 7) is 4.61. The molecule has 1 aromatic rings. The van der Waals surface area contributed by atoms with E-state index in [0.29, 0.717) is 0 Å². The van der Waals surface area contributed by atoms with Crippen molar-refractivity contribution < 1.29 is 14.6 Å². The normalized spacial score (nSPS) is 31.9. The third-order valence-electron chi connectivity index (χ3n) is 5.36. The largest absolute Gasteiger partial charge is 0.497 e. The highest BCUT2D eigenvalue weighted by molar-refractivity contribution is 5.44. The van der Waals surface area contributed by atoms with Gasteiger partial charge in [0.25, 0.3) is 0 Å². The van der Waals surface area contributed by atoms with Gasteiger partial charge in [-0.15, -0.1) is 0 Å². The molecule has 3 rings (SSSR count). The molecule has 21 heavy (non-hydrogen) atoms. The third-order valence-corrected chi connectivity index (χ3v) is 5.36. The maximum Gasteiger partial charge on any atom is 0.129 e. The number of methoxy groups -OCH3 is 1. The van der Waals surface area contributed by atoms with E-state index in [1.165, 1.54) is 12.8 Å². The molecule has 1 aromatic carbocycles. The minimum atomic E-state index is -0.421. The molecule has 116 valence electrons. The molecule has 0 saturated heterocycles. The summed E-state index contributed by atoms with van der Waals surface area (Å²) >= 11 is 0. The fourth-order valence-electron chi connectivity index (χ4n) is 3.88. The first-order valence-electron chi connectivity index (χ1n) is 8.08. The van der Waals surface area contributed by atoms with Crippen LogP contribution in [0, 0.1) is 11.8 Å². The molecule has 1 aliphatic heterocycles. The van der Waals surface area contributed by atoms with Gasteiger partial charge in [0, 0.05) is 18.1 Å². The number of ether oxygens (including phenoxy) is 2. The van der Waals surface area contributed by atoms with Gasteiger partial charge in [-0.1, -0.05) is 13.8 Å². The summed E-state index contributed by atoms with van der Waals surface area (Å²) in [5.74, 6) is 3.12. The van der Waals surface area contributed by atoms with Crippen LogP contribution in [0.2, 0.25) is 0 Å². The average molecular weight is 290 g/mol. The van der Waals surface area contributed by atoms with E-state index in [-0.39, 0.29) is 5.60 Å². The lowest BCUT2D eigenvalue weighted by Crippen LogP contribution is -2.44. The minimum absolute atomic E-state index is 0.176.